The minimum absolute atomic E-state index is 0. The molecule has 0 fully saturated rings. The van der Waals surface area contributed by atoms with E-state index in [9.17, 15) is 0 Å². The number of rotatable bonds is 0. The van der Waals surface area contributed by atoms with Gasteiger partial charge >= 0.3 is 86.6 Å². The SMILES string of the molecule is [Ba+2].[Ca+2].[H-].[H-].[O-2].[Tl]. The van der Waals surface area contributed by atoms with Crippen LogP contribution >= 0.6 is 0 Å². The van der Waals surface area contributed by atoms with Gasteiger partial charge in [-0.25, -0.2) is 0 Å². The van der Waals surface area contributed by atoms with Crippen molar-refractivity contribution in [1.82, 2.24) is 0 Å². The van der Waals surface area contributed by atoms with Gasteiger partial charge in [0, 0.05) is 27.3 Å². The number of hydrogen-bond donors (Lipinski definition) is 0. The van der Waals surface area contributed by atoms with Crippen molar-refractivity contribution in [3.8, 4) is 0 Å². The summed E-state index contributed by atoms with van der Waals surface area (Å²) < 4.78 is 0. The second kappa shape index (κ2) is 15.9. The molecule has 0 aromatic rings. The first-order valence-electron chi connectivity index (χ1n) is 0. The van der Waals surface area contributed by atoms with Crippen LogP contribution in [-0.2, 0) is 5.48 Å². The molecule has 1 nitrogen and oxygen atoms in total. The molecule has 0 atom stereocenters. The van der Waals surface area contributed by atoms with Gasteiger partial charge in [0.1, 0.15) is 0 Å². The molecule has 4 heteroatoms. The molecule has 0 heterocycles. The third-order valence-electron chi connectivity index (χ3n) is 0. The molecular weight excluding hydrogens is 398 g/mol. The van der Waals surface area contributed by atoms with Gasteiger partial charge in [0.05, 0.1) is 0 Å². The van der Waals surface area contributed by atoms with E-state index in [2.05, 4.69) is 0 Å². The van der Waals surface area contributed by atoms with Gasteiger partial charge in [0.2, 0.25) is 0 Å². The van der Waals surface area contributed by atoms with E-state index in [1.165, 1.54) is 0 Å². The average Bonchev–Trinajstić information content (AvgIpc) is 0. The Labute approximate surface area is 119 Å². The molecule has 0 aliphatic heterocycles. The Balaban J connectivity index is 0. The largest absolute Gasteiger partial charge is 2.00 e. The molecule has 0 aliphatic rings. The van der Waals surface area contributed by atoms with Crippen LogP contribution in [0.1, 0.15) is 2.85 Å². The van der Waals surface area contributed by atoms with Crippen LogP contribution in [0.25, 0.3) is 0 Å². The van der Waals surface area contributed by atoms with E-state index in [4.69, 9.17) is 0 Å². The zero-order valence-electron chi connectivity index (χ0n) is 4.40. The van der Waals surface area contributed by atoms with Gasteiger partial charge in [-0.1, -0.05) is 0 Å². The summed E-state index contributed by atoms with van der Waals surface area (Å²) >= 11 is 0. The van der Waals surface area contributed by atoms with Gasteiger partial charge in [-0.3, -0.25) is 0 Å². The molecule has 1 radical (unpaired) electrons. The molecular formula is H2BaCaOTl. The zero-order chi connectivity index (χ0) is 0. The molecule has 0 amide bonds. The molecule has 15 valence electrons. The van der Waals surface area contributed by atoms with E-state index in [0.717, 1.165) is 0 Å². The van der Waals surface area contributed by atoms with Crippen molar-refractivity contribution in [2.24, 2.45) is 0 Å². The fraction of sp³-hybridized carbons (Fsp3) is 0. The van der Waals surface area contributed by atoms with Gasteiger partial charge in [-0.2, -0.15) is 0 Å². The van der Waals surface area contributed by atoms with Crippen LogP contribution in [0.3, 0.4) is 0 Å². The van der Waals surface area contributed by atoms with Crippen LogP contribution < -0.4 is 0 Å². The van der Waals surface area contributed by atoms with Gasteiger partial charge in [0.25, 0.3) is 0 Å². The first-order valence-corrected chi connectivity index (χ1v) is 0. The summed E-state index contributed by atoms with van der Waals surface area (Å²) in [4.78, 5) is 0. The van der Waals surface area contributed by atoms with Crippen molar-refractivity contribution in [3.05, 3.63) is 0 Å². The molecule has 0 rings (SSSR count). The third kappa shape index (κ3) is 9.20. The maximum absolute atomic E-state index is 0. The average molecular weight is 400 g/mol. The minimum Gasteiger partial charge on any atom is -2.00 e. The van der Waals surface area contributed by atoms with Crippen LogP contribution in [0.15, 0.2) is 0 Å². The standard InChI is InChI=1S/Ba.Ca.O.Tl.2H/q2*+2;-2;;2*-1. The molecule has 0 saturated heterocycles. The molecule has 0 unspecified atom stereocenters. The van der Waals surface area contributed by atoms with Crippen LogP contribution in [0, 0.1) is 0 Å². The zero-order valence-corrected chi connectivity index (χ0v) is 13.5. The topological polar surface area (TPSA) is 28.5 Å². The molecule has 0 aromatic carbocycles. The molecule has 0 bridgehead atoms. The third-order valence-corrected chi connectivity index (χ3v) is 0. The predicted octanol–water partition coefficient (Wildman–Crippen LogP) is -1.04. The smallest absolute Gasteiger partial charge is 2.00 e. The Morgan fingerprint density at radius 2 is 1.25 bits per heavy atom. The van der Waals surface area contributed by atoms with Crippen molar-refractivity contribution in [2.75, 3.05) is 0 Å². The fourth-order valence-corrected chi connectivity index (χ4v) is 0. The maximum Gasteiger partial charge on any atom is 2.00 e. The van der Waals surface area contributed by atoms with E-state index in [-0.39, 0.29) is 122 Å². The normalized spacial score (nSPS) is 0. The molecule has 0 aliphatic carbocycles. The summed E-state index contributed by atoms with van der Waals surface area (Å²) in [5.41, 5.74) is 0. The van der Waals surface area contributed by atoms with E-state index >= 15 is 0 Å². The summed E-state index contributed by atoms with van der Waals surface area (Å²) in [7, 11) is 0. The first kappa shape index (κ1) is 25.2. The summed E-state index contributed by atoms with van der Waals surface area (Å²) in [6, 6.07) is 0. The Hall–Kier alpha value is 3.71. The van der Waals surface area contributed by atoms with Crippen LogP contribution in [0.4, 0.5) is 0 Å². The monoisotopic (exact) mass is 401 g/mol. The van der Waals surface area contributed by atoms with E-state index in [1.54, 1.807) is 0 Å². The van der Waals surface area contributed by atoms with Crippen LogP contribution in [-0.4, -0.2) is 114 Å². The van der Waals surface area contributed by atoms with E-state index in [0.29, 0.717) is 0 Å². The molecule has 4 heavy (non-hydrogen) atoms. The molecule has 0 saturated carbocycles. The Bertz CT molecular complexity index is 13.5. The fourth-order valence-electron chi connectivity index (χ4n) is 0. The minimum atomic E-state index is 0. The van der Waals surface area contributed by atoms with Crippen molar-refractivity contribution >= 4 is 114 Å². The van der Waals surface area contributed by atoms with Gasteiger partial charge in [0.15, 0.2) is 0 Å². The van der Waals surface area contributed by atoms with Crippen LogP contribution in [0.5, 0.6) is 0 Å². The Morgan fingerprint density at radius 1 is 1.25 bits per heavy atom. The van der Waals surface area contributed by atoms with Crippen molar-refractivity contribution in [3.63, 3.8) is 0 Å². The summed E-state index contributed by atoms with van der Waals surface area (Å²) in [6.07, 6.45) is 0. The maximum atomic E-state index is 0. The van der Waals surface area contributed by atoms with Crippen molar-refractivity contribution in [2.45, 2.75) is 0 Å². The van der Waals surface area contributed by atoms with Crippen molar-refractivity contribution < 1.29 is 8.33 Å². The first-order chi connectivity index (χ1) is 0. The summed E-state index contributed by atoms with van der Waals surface area (Å²) in [5, 5.41) is 0. The van der Waals surface area contributed by atoms with Crippen molar-refractivity contribution in [1.29, 1.82) is 0 Å². The van der Waals surface area contributed by atoms with Gasteiger partial charge in [-0.05, 0) is 0 Å². The number of hydrogen-bond acceptors (Lipinski definition) is 0. The Morgan fingerprint density at radius 3 is 1.25 bits per heavy atom. The summed E-state index contributed by atoms with van der Waals surface area (Å²) in [6.45, 7) is 0. The van der Waals surface area contributed by atoms with E-state index in [1.807, 2.05) is 0 Å². The quantitative estimate of drug-likeness (QED) is 0.466. The van der Waals surface area contributed by atoms with Gasteiger partial charge in [-0.15, -0.1) is 0 Å². The second-order valence-electron chi connectivity index (χ2n) is 0. The summed E-state index contributed by atoms with van der Waals surface area (Å²) in [5.74, 6) is 0. The second-order valence-corrected chi connectivity index (χ2v) is 0. The predicted molar refractivity (Wildman–Crippen MR) is 20.2 cm³/mol. The molecule has 0 aromatic heterocycles. The van der Waals surface area contributed by atoms with Crippen LogP contribution in [0.2, 0.25) is 0 Å². The van der Waals surface area contributed by atoms with Gasteiger partial charge < -0.3 is 8.33 Å². The Kier molecular flexibility index (Phi) is 100. The molecule has 0 N–H and O–H groups in total. The molecule has 0 spiro atoms. The van der Waals surface area contributed by atoms with E-state index < -0.39 is 0 Å².